The molecule has 0 saturated carbocycles. The van der Waals surface area contributed by atoms with E-state index in [1.807, 2.05) is 11.6 Å². The summed E-state index contributed by atoms with van der Waals surface area (Å²) >= 11 is 0. The summed E-state index contributed by atoms with van der Waals surface area (Å²) in [6, 6.07) is 0. The number of aliphatic hydroxyl groups is 1. The smallest absolute Gasteiger partial charge is 0.102 e. The van der Waals surface area contributed by atoms with Crippen molar-refractivity contribution >= 4 is 0 Å². The van der Waals surface area contributed by atoms with Crippen molar-refractivity contribution in [2.45, 2.75) is 19.4 Å². The molecule has 1 N–H and O–H groups in total. The van der Waals surface area contributed by atoms with Gasteiger partial charge in [0.15, 0.2) is 0 Å². The molecule has 0 amide bonds. The number of imidazole rings is 1. The minimum atomic E-state index is -0.818. The highest BCUT2D eigenvalue weighted by atomic mass is 16.3. The lowest BCUT2D eigenvalue weighted by atomic mass is 10.1. The zero-order valence-corrected chi connectivity index (χ0v) is 6.50. The van der Waals surface area contributed by atoms with Crippen molar-refractivity contribution in [1.82, 2.24) is 9.55 Å². The molecule has 1 aromatic rings. The third-order valence-electron chi connectivity index (χ3n) is 1.33. The van der Waals surface area contributed by atoms with Crippen LogP contribution in [-0.2, 0) is 12.6 Å². The van der Waals surface area contributed by atoms with Crippen LogP contribution in [0.4, 0.5) is 0 Å². The van der Waals surface area contributed by atoms with Crippen LogP contribution in [0, 0.1) is 0 Å². The quantitative estimate of drug-likeness (QED) is 0.622. The molecule has 0 spiro atoms. The lowest BCUT2D eigenvalue weighted by Crippen LogP contribution is -2.15. The lowest BCUT2D eigenvalue weighted by molar-refractivity contribution is 0.0742. The second-order valence-electron chi connectivity index (χ2n) is 2.98. The van der Waals surface area contributed by atoms with Crippen LogP contribution in [0.2, 0.25) is 0 Å². The predicted molar refractivity (Wildman–Crippen MR) is 38.5 cm³/mol. The van der Waals surface area contributed by atoms with E-state index in [0.29, 0.717) is 5.69 Å². The fourth-order valence-corrected chi connectivity index (χ4v) is 0.729. The van der Waals surface area contributed by atoms with Crippen LogP contribution in [0.5, 0.6) is 0 Å². The Morgan fingerprint density at radius 2 is 2.20 bits per heavy atom. The Labute approximate surface area is 60.3 Å². The van der Waals surface area contributed by atoms with Gasteiger partial charge in [0.05, 0.1) is 12.0 Å². The van der Waals surface area contributed by atoms with Crippen molar-refractivity contribution in [3.8, 4) is 0 Å². The summed E-state index contributed by atoms with van der Waals surface area (Å²) in [6.07, 6.45) is 3.48. The van der Waals surface area contributed by atoms with E-state index >= 15 is 0 Å². The Morgan fingerprint density at radius 3 is 2.40 bits per heavy atom. The van der Waals surface area contributed by atoms with Crippen LogP contribution in [0.3, 0.4) is 0 Å². The van der Waals surface area contributed by atoms with E-state index in [4.69, 9.17) is 0 Å². The topological polar surface area (TPSA) is 38.0 Å². The van der Waals surface area contributed by atoms with Crippen molar-refractivity contribution in [1.29, 1.82) is 0 Å². The number of aromatic nitrogens is 2. The summed E-state index contributed by atoms with van der Waals surface area (Å²) in [5.74, 6) is 0. The molecule has 0 aliphatic rings. The first-order valence-corrected chi connectivity index (χ1v) is 3.21. The molecule has 1 aromatic heterocycles. The molecule has 3 nitrogen and oxygen atoms in total. The first-order chi connectivity index (χ1) is 4.50. The largest absolute Gasteiger partial charge is 0.384 e. The number of rotatable bonds is 1. The SMILES string of the molecule is Cn1cnc(C(C)(C)O)c1. The van der Waals surface area contributed by atoms with Gasteiger partial charge in [0.1, 0.15) is 5.60 Å². The monoisotopic (exact) mass is 140 g/mol. The van der Waals surface area contributed by atoms with E-state index in [-0.39, 0.29) is 0 Å². The van der Waals surface area contributed by atoms with Gasteiger partial charge in [-0.15, -0.1) is 0 Å². The molecule has 0 aliphatic carbocycles. The van der Waals surface area contributed by atoms with Crippen molar-refractivity contribution in [3.05, 3.63) is 18.2 Å². The highest BCUT2D eigenvalue weighted by molar-refractivity contribution is 5.05. The average Bonchev–Trinajstić information content (AvgIpc) is 2.11. The molecule has 0 radical (unpaired) electrons. The molecular formula is C7H12N2O. The molecule has 1 heterocycles. The maximum absolute atomic E-state index is 9.43. The first kappa shape index (κ1) is 7.28. The number of aryl methyl sites for hydroxylation is 1. The van der Waals surface area contributed by atoms with Crippen LogP contribution in [-0.4, -0.2) is 14.7 Å². The summed E-state index contributed by atoms with van der Waals surface area (Å²) in [5, 5.41) is 9.43. The lowest BCUT2D eigenvalue weighted by Gasteiger charge is -2.12. The van der Waals surface area contributed by atoms with Gasteiger partial charge >= 0.3 is 0 Å². The molecular weight excluding hydrogens is 128 g/mol. The Hall–Kier alpha value is -0.830. The highest BCUT2D eigenvalue weighted by Gasteiger charge is 2.17. The van der Waals surface area contributed by atoms with Gasteiger partial charge in [-0.3, -0.25) is 0 Å². The number of hydrogen-bond acceptors (Lipinski definition) is 2. The van der Waals surface area contributed by atoms with Gasteiger partial charge in [-0.2, -0.15) is 0 Å². The number of nitrogens with zero attached hydrogens (tertiary/aromatic N) is 2. The van der Waals surface area contributed by atoms with E-state index in [9.17, 15) is 5.11 Å². The van der Waals surface area contributed by atoms with Gasteiger partial charge < -0.3 is 9.67 Å². The normalized spacial score (nSPS) is 12.0. The maximum Gasteiger partial charge on any atom is 0.102 e. The van der Waals surface area contributed by atoms with Crippen molar-refractivity contribution in [2.24, 2.45) is 7.05 Å². The van der Waals surface area contributed by atoms with E-state index < -0.39 is 5.60 Å². The Kier molecular flexibility index (Phi) is 1.52. The minimum Gasteiger partial charge on any atom is -0.384 e. The molecule has 1 rings (SSSR count). The highest BCUT2D eigenvalue weighted by Crippen LogP contribution is 2.15. The molecule has 0 bridgehead atoms. The molecule has 0 aromatic carbocycles. The van der Waals surface area contributed by atoms with Gasteiger partial charge in [-0.25, -0.2) is 4.98 Å². The third kappa shape index (κ3) is 1.36. The predicted octanol–water partition coefficient (Wildman–Crippen LogP) is 0.647. The van der Waals surface area contributed by atoms with E-state index in [1.54, 1.807) is 26.4 Å². The van der Waals surface area contributed by atoms with Gasteiger partial charge in [0.2, 0.25) is 0 Å². The van der Waals surface area contributed by atoms with E-state index in [1.165, 1.54) is 0 Å². The van der Waals surface area contributed by atoms with Crippen LogP contribution in [0.15, 0.2) is 12.5 Å². The van der Waals surface area contributed by atoms with Crippen LogP contribution in [0.25, 0.3) is 0 Å². The fraction of sp³-hybridized carbons (Fsp3) is 0.571. The summed E-state index contributed by atoms with van der Waals surface area (Å²) in [6.45, 7) is 3.44. The summed E-state index contributed by atoms with van der Waals surface area (Å²) in [7, 11) is 1.88. The zero-order chi connectivity index (χ0) is 7.78. The summed E-state index contributed by atoms with van der Waals surface area (Å²) in [4.78, 5) is 4.00. The van der Waals surface area contributed by atoms with E-state index in [2.05, 4.69) is 4.98 Å². The summed E-state index contributed by atoms with van der Waals surface area (Å²) in [5.41, 5.74) is -0.114. The van der Waals surface area contributed by atoms with Crippen LogP contribution >= 0.6 is 0 Å². The average molecular weight is 140 g/mol. The zero-order valence-electron chi connectivity index (χ0n) is 6.50. The van der Waals surface area contributed by atoms with Crippen molar-refractivity contribution in [3.63, 3.8) is 0 Å². The third-order valence-corrected chi connectivity index (χ3v) is 1.33. The molecule has 0 unspecified atom stereocenters. The first-order valence-electron chi connectivity index (χ1n) is 3.21. The van der Waals surface area contributed by atoms with Crippen molar-refractivity contribution in [2.75, 3.05) is 0 Å². The molecule has 3 heteroatoms. The molecule has 0 aliphatic heterocycles. The fourth-order valence-electron chi connectivity index (χ4n) is 0.729. The van der Waals surface area contributed by atoms with Gasteiger partial charge in [-0.1, -0.05) is 0 Å². The molecule has 0 fully saturated rings. The molecule has 0 saturated heterocycles. The molecule has 10 heavy (non-hydrogen) atoms. The van der Waals surface area contributed by atoms with E-state index in [0.717, 1.165) is 0 Å². The maximum atomic E-state index is 9.43. The summed E-state index contributed by atoms with van der Waals surface area (Å²) < 4.78 is 1.81. The standard InChI is InChI=1S/C7H12N2O/c1-7(2,10)6-4-9(3)5-8-6/h4-5,10H,1-3H3. The van der Waals surface area contributed by atoms with Gasteiger partial charge in [0, 0.05) is 13.2 Å². The second kappa shape index (κ2) is 2.09. The van der Waals surface area contributed by atoms with Crippen LogP contribution in [0.1, 0.15) is 19.5 Å². The van der Waals surface area contributed by atoms with Crippen molar-refractivity contribution < 1.29 is 5.11 Å². The van der Waals surface area contributed by atoms with Gasteiger partial charge in [0.25, 0.3) is 0 Å². The van der Waals surface area contributed by atoms with Gasteiger partial charge in [-0.05, 0) is 13.8 Å². The minimum absolute atomic E-state index is 0.704. The van der Waals surface area contributed by atoms with Crippen LogP contribution < -0.4 is 0 Å². The molecule has 56 valence electrons. The second-order valence-corrected chi connectivity index (χ2v) is 2.98. The Bertz CT molecular complexity index is 222. The Morgan fingerprint density at radius 1 is 1.60 bits per heavy atom. The molecule has 0 atom stereocenters. The Balaban J connectivity index is 2.96. The number of hydrogen-bond donors (Lipinski definition) is 1.